The van der Waals surface area contributed by atoms with Crippen LogP contribution in [0, 0.1) is 0 Å². The first kappa shape index (κ1) is 14.1. The minimum Gasteiger partial charge on any atom is -0.480 e. The number of rotatable bonds is 4. The number of ether oxygens (including phenoxy) is 1. The van der Waals surface area contributed by atoms with E-state index in [2.05, 4.69) is 0 Å². The van der Waals surface area contributed by atoms with E-state index in [-0.39, 0.29) is 11.4 Å². The van der Waals surface area contributed by atoms with Gasteiger partial charge in [-0.1, -0.05) is 0 Å². The van der Waals surface area contributed by atoms with E-state index in [1.165, 1.54) is 21.6 Å². The Hall–Kier alpha value is -0.950. The zero-order valence-corrected chi connectivity index (χ0v) is 11.1. The molecule has 0 aromatic rings. The van der Waals surface area contributed by atoms with Crippen LogP contribution in [0.1, 0.15) is 6.92 Å². The summed E-state index contributed by atoms with van der Waals surface area (Å²) in [5, 5.41) is 8.95. The van der Waals surface area contributed by atoms with Crippen molar-refractivity contribution in [1.82, 2.24) is 9.80 Å². The van der Waals surface area contributed by atoms with Crippen molar-refractivity contribution in [3.63, 3.8) is 0 Å². The summed E-state index contributed by atoms with van der Waals surface area (Å²) < 4.78 is 4.89. The SMILES string of the molecule is COCCN(C)C(=O)N1C(C)SCC1C(=O)O. The minimum absolute atomic E-state index is 0.103. The number of carboxylic acids is 1. The van der Waals surface area contributed by atoms with Gasteiger partial charge in [0.05, 0.1) is 12.0 Å². The minimum atomic E-state index is -0.949. The van der Waals surface area contributed by atoms with Gasteiger partial charge in [-0.25, -0.2) is 9.59 Å². The van der Waals surface area contributed by atoms with Crippen LogP contribution < -0.4 is 0 Å². The number of nitrogens with zero attached hydrogens (tertiary/aromatic N) is 2. The Balaban J connectivity index is 2.68. The molecule has 0 saturated carbocycles. The quantitative estimate of drug-likeness (QED) is 0.800. The molecule has 98 valence electrons. The second-order valence-corrected chi connectivity index (χ2v) is 5.24. The van der Waals surface area contributed by atoms with Gasteiger partial charge in [-0.3, -0.25) is 4.90 Å². The summed E-state index contributed by atoms with van der Waals surface area (Å²) in [7, 11) is 3.21. The van der Waals surface area contributed by atoms with Crippen LogP contribution in [0.3, 0.4) is 0 Å². The van der Waals surface area contributed by atoms with E-state index in [4.69, 9.17) is 9.84 Å². The van der Waals surface area contributed by atoms with E-state index in [1.54, 1.807) is 14.2 Å². The Labute approximate surface area is 105 Å². The molecule has 1 rings (SSSR count). The van der Waals surface area contributed by atoms with Crippen molar-refractivity contribution in [1.29, 1.82) is 0 Å². The molecular formula is C10H18N2O4S. The summed E-state index contributed by atoms with van der Waals surface area (Å²) in [6, 6.07) is -0.987. The van der Waals surface area contributed by atoms with Gasteiger partial charge in [-0.15, -0.1) is 11.8 Å². The van der Waals surface area contributed by atoms with Gasteiger partial charge < -0.3 is 14.7 Å². The molecule has 2 amide bonds. The Bertz CT molecular complexity index is 300. The van der Waals surface area contributed by atoms with Crippen LogP contribution in [-0.2, 0) is 9.53 Å². The summed E-state index contributed by atoms with van der Waals surface area (Å²) in [6.45, 7) is 2.74. The van der Waals surface area contributed by atoms with Crippen molar-refractivity contribution < 1.29 is 19.4 Å². The Morgan fingerprint density at radius 3 is 2.76 bits per heavy atom. The number of carbonyl (C=O) groups is 2. The monoisotopic (exact) mass is 262 g/mol. The molecule has 1 aliphatic heterocycles. The van der Waals surface area contributed by atoms with Crippen LogP contribution in [0.5, 0.6) is 0 Å². The highest BCUT2D eigenvalue weighted by Gasteiger charge is 2.40. The maximum Gasteiger partial charge on any atom is 0.327 e. The van der Waals surface area contributed by atoms with Crippen molar-refractivity contribution >= 4 is 23.8 Å². The molecular weight excluding hydrogens is 244 g/mol. The molecule has 1 heterocycles. The van der Waals surface area contributed by atoms with Gasteiger partial charge in [0.25, 0.3) is 0 Å². The lowest BCUT2D eigenvalue weighted by Crippen LogP contribution is -2.50. The summed E-state index contributed by atoms with van der Waals surface area (Å²) in [6.07, 6.45) is 0. The van der Waals surface area contributed by atoms with Crippen LogP contribution in [0.25, 0.3) is 0 Å². The van der Waals surface area contributed by atoms with Gasteiger partial charge in [0.2, 0.25) is 0 Å². The number of hydrogen-bond acceptors (Lipinski definition) is 4. The summed E-state index contributed by atoms with van der Waals surface area (Å²) in [5.41, 5.74) is 0. The highest BCUT2D eigenvalue weighted by atomic mass is 32.2. The number of hydrogen-bond donors (Lipinski definition) is 1. The number of aliphatic carboxylic acids is 1. The first-order valence-corrected chi connectivity index (χ1v) is 6.40. The Morgan fingerprint density at radius 1 is 1.59 bits per heavy atom. The van der Waals surface area contributed by atoms with E-state index in [0.29, 0.717) is 18.9 Å². The lowest BCUT2D eigenvalue weighted by molar-refractivity contribution is -0.141. The lowest BCUT2D eigenvalue weighted by Gasteiger charge is -2.29. The molecule has 0 radical (unpaired) electrons. The van der Waals surface area contributed by atoms with Gasteiger partial charge >= 0.3 is 12.0 Å². The van der Waals surface area contributed by atoms with Gasteiger partial charge in [0, 0.05) is 26.5 Å². The van der Waals surface area contributed by atoms with Crippen molar-refractivity contribution in [2.24, 2.45) is 0 Å². The highest BCUT2D eigenvalue weighted by molar-refractivity contribution is 8.00. The third-order valence-electron chi connectivity index (χ3n) is 2.69. The van der Waals surface area contributed by atoms with Gasteiger partial charge in [-0.05, 0) is 6.92 Å². The number of carbonyl (C=O) groups excluding carboxylic acids is 1. The molecule has 2 unspecified atom stereocenters. The first-order chi connectivity index (χ1) is 7.99. The first-order valence-electron chi connectivity index (χ1n) is 5.35. The average Bonchev–Trinajstić information content (AvgIpc) is 2.67. The number of likely N-dealkylation sites (N-methyl/N-ethyl adjacent to an activating group) is 1. The lowest BCUT2D eigenvalue weighted by atomic mass is 10.3. The molecule has 0 aromatic carbocycles. The Morgan fingerprint density at radius 2 is 2.24 bits per heavy atom. The second-order valence-electron chi connectivity index (χ2n) is 3.89. The largest absolute Gasteiger partial charge is 0.480 e. The molecule has 2 atom stereocenters. The molecule has 1 N–H and O–H groups in total. The van der Waals surface area contributed by atoms with E-state index in [0.717, 1.165) is 0 Å². The van der Waals surface area contributed by atoms with E-state index >= 15 is 0 Å². The molecule has 6 nitrogen and oxygen atoms in total. The van der Waals surface area contributed by atoms with Crippen molar-refractivity contribution in [2.75, 3.05) is 33.1 Å². The zero-order chi connectivity index (χ0) is 13.0. The van der Waals surface area contributed by atoms with Gasteiger partial charge in [0.1, 0.15) is 6.04 Å². The molecule has 0 spiro atoms. The molecule has 17 heavy (non-hydrogen) atoms. The molecule has 0 aliphatic carbocycles. The fraction of sp³-hybridized carbons (Fsp3) is 0.800. The third kappa shape index (κ3) is 3.26. The average molecular weight is 262 g/mol. The smallest absolute Gasteiger partial charge is 0.327 e. The molecule has 0 aromatic heterocycles. The summed E-state index contributed by atoms with van der Waals surface area (Å²) >= 11 is 1.48. The molecule has 0 bridgehead atoms. The number of carboxylic acid groups (broad SMARTS) is 1. The standard InChI is InChI=1S/C10H18N2O4S/c1-7-12(8(6-17-7)9(13)14)10(15)11(2)4-5-16-3/h7-8H,4-6H2,1-3H3,(H,13,14). The molecule has 7 heteroatoms. The van der Waals surface area contributed by atoms with Crippen molar-refractivity contribution in [3.8, 4) is 0 Å². The zero-order valence-electron chi connectivity index (χ0n) is 10.3. The molecule has 1 saturated heterocycles. The fourth-order valence-electron chi connectivity index (χ4n) is 1.64. The van der Waals surface area contributed by atoms with Gasteiger partial charge in [0.15, 0.2) is 0 Å². The van der Waals surface area contributed by atoms with E-state index in [9.17, 15) is 9.59 Å². The van der Waals surface area contributed by atoms with Crippen LogP contribution in [-0.4, -0.2) is 71.4 Å². The molecule has 1 aliphatic rings. The van der Waals surface area contributed by atoms with E-state index < -0.39 is 12.0 Å². The summed E-state index contributed by atoms with van der Waals surface area (Å²) in [5.74, 6) is -0.504. The van der Waals surface area contributed by atoms with Crippen LogP contribution >= 0.6 is 11.8 Å². The topological polar surface area (TPSA) is 70.1 Å². The third-order valence-corrected chi connectivity index (χ3v) is 3.90. The normalized spacial score (nSPS) is 23.8. The maximum absolute atomic E-state index is 12.1. The van der Waals surface area contributed by atoms with Crippen LogP contribution in [0.4, 0.5) is 4.79 Å². The highest BCUT2D eigenvalue weighted by Crippen LogP contribution is 2.29. The number of urea groups is 1. The number of amides is 2. The van der Waals surface area contributed by atoms with Crippen molar-refractivity contribution in [2.45, 2.75) is 18.3 Å². The predicted molar refractivity (Wildman–Crippen MR) is 65.1 cm³/mol. The van der Waals surface area contributed by atoms with Crippen molar-refractivity contribution in [3.05, 3.63) is 0 Å². The van der Waals surface area contributed by atoms with Crippen LogP contribution in [0.15, 0.2) is 0 Å². The van der Waals surface area contributed by atoms with Gasteiger partial charge in [-0.2, -0.15) is 0 Å². The second kappa shape index (κ2) is 6.11. The number of methoxy groups -OCH3 is 1. The summed E-state index contributed by atoms with van der Waals surface area (Å²) in [4.78, 5) is 26.1. The van der Waals surface area contributed by atoms with E-state index in [1.807, 2.05) is 6.92 Å². The van der Waals surface area contributed by atoms with Crippen LogP contribution in [0.2, 0.25) is 0 Å². The molecule has 1 fully saturated rings. The maximum atomic E-state index is 12.1. The predicted octanol–water partition coefficient (Wildman–Crippen LogP) is 0.533. The Kier molecular flexibility index (Phi) is 5.07. The number of thioether (sulfide) groups is 1. The fourth-order valence-corrected chi connectivity index (χ4v) is 2.81.